The second-order valence-corrected chi connectivity index (χ2v) is 12.0. The van der Waals surface area contributed by atoms with Crippen LogP contribution in [-0.4, -0.2) is 62.2 Å². The lowest BCUT2D eigenvalue weighted by Gasteiger charge is -2.35. The monoisotopic (exact) mass is 586 g/mol. The van der Waals surface area contributed by atoms with Crippen molar-refractivity contribution in [3.05, 3.63) is 102 Å². The Kier molecular flexibility index (Phi) is 11.0. The van der Waals surface area contributed by atoms with Gasteiger partial charge in [-0.05, 0) is 37.1 Å². The van der Waals surface area contributed by atoms with Gasteiger partial charge in [0.05, 0.1) is 5.69 Å². The molecule has 220 valence electrons. The molecule has 2 amide bonds. The molecule has 0 aromatic heterocycles. The molecular formula is C30H36F2N4O4S. The van der Waals surface area contributed by atoms with Crippen LogP contribution in [0.3, 0.4) is 0 Å². The summed E-state index contributed by atoms with van der Waals surface area (Å²) in [6, 6.07) is 18.7. The van der Waals surface area contributed by atoms with Crippen LogP contribution in [0.15, 0.2) is 78.9 Å². The molecule has 0 saturated carbocycles. The van der Waals surface area contributed by atoms with Gasteiger partial charge in [-0.1, -0.05) is 67.6 Å². The normalized spacial score (nSPS) is 13.0. The summed E-state index contributed by atoms with van der Waals surface area (Å²) in [6.07, 6.45) is 0.719. The van der Waals surface area contributed by atoms with Gasteiger partial charge in [-0.25, -0.2) is 13.1 Å². The summed E-state index contributed by atoms with van der Waals surface area (Å²) in [7, 11) is -1.81. The summed E-state index contributed by atoms with van der Waals surface area (Å²) in [5.41, 5.74) is 0.558. The zero-order chi connectivity index (χ0) is 30.2. The number of nitrogens with one attached hydrogen (secondary N) is 1. The molecule has 0 bridgehead atoms. The van der Waals surface area contributed by atoms with Gasteiger partial charge in [0.25, 0.3) is 0 Å². The van der Waals surface area contributed by atoms with E-state index in [1.807, 2.05) is 19.9 Å². The molecular weight excluding hydrogens is 550 g/mol. The van der Waals surface area contributed by atoms with E-state index in [2.05, 4.69) is 5.32 Å². The van der Waals surface area contributed by atoms with E-state index in [1.165, 1.54) is 55.4 Å². The number of carbonyl (C=O) groups is 2. The van der Waals surface area contributed by atoms with Crippen molar-refractivity contribution in [2.24, 2.45) is 0 Å². The number of hydrogen-bond acceptors (Lipinski definition) is 4. The highest BCUT2D eigenvalue weighted by Crippen LogP contribution is 2.24. The molecule has 0 aliphatic heterocycles. The summed E-state index contributed by atoms with van der Waals surface area (Å²) in [5, 5.41) is 2.90. The standard InChI is InChI=1S/C30H36F2N4O4S/c1-5-22(2)33-30(38)28(19-23-13-7-6-8-14-23)35(20-24-15-9-10-16-25(24)31)29(37)21-36(41(39,40)34(3)4)27-18-12-11-17-26(27)32/h6-18,22,28H,5,19-21H2,1-4H3,(H,33,38)/t22-,28+/m0/s1. The van der Waals surface area contributed by atoms with Gasteiger partial charge in [0.2, 0.25) is 11.8 Å². The molecule has 0 fully saturated rings. The molecule has 0 aliphatic rings. The SMILES string of the molecule is CC[C@H](C)NC(=O)[C@@H](Cc1ccccc1)N(Cc1ccccc1F)C(=O)CN(c1ccccc1F)S(=O)(=O)N(C)C. The molecule has 3 rings (SSSR count). The van der Waals surface area contributed by atoms with Crippen molar-refractivity contribution in [2.45, 2.75) is 45.3 Å². The molecule has 1 N–H and O–H groups in total. The Bertz CT molecular complexity index is 1440. The number of halogens is 2. The second-order valence-electron chi connectivity index (χ2n) is 9.88. The maximum Gasteiger partial charge on any atom is 0.304 e. The first-order valence-electron chi connectivity index (χ1n) is 13.3. The molecule has 0 unspecified atom stereocenters. The first-order valence-corrected chi connectivity index (χ1v) is 14.7. The van der Waals surface area contributed by atoms with Crippen molar-refractivity contribution in [3.8, 4) is 0 Å². The Morgan fingerprint density at radius 1 is 0.878 bits per heavy atom. The first kappa shape index (κ1) is 31.7. The zero-order valence-electron chi connectivity index (χ0n) is 23.6. The van der Waals surface area contributed by atoms with Crippen LogP contribution < -0.4 is 9.62 Å². The van der Waals surface area contributed by atoms with Crippen LogP contribution in [0.1, 0.15) is 31.4 Å². The third-order valence-corrected chi connectivity index (χ3v) is 8.52. The predicted octanol–water partition coefficient (Wildman–Crippen LogP) is 4.13. The number of benzene rings is 3. The number of amides is 2. The van der Waals surface area contributed by atoms with Gasteiger partial charge in [-0.3, -0.25) is 9.59 Å². The smallest absolute Gasteiger partial charge is 0.304 e. The van der Waals surface area contributed by atoms with E-state index in [1.54, 1.807) is 30.3 Å². The average molecular weight is 587 g/mol. The van der Waals surface area contributed by atoms with Gasteiger partial charge in [-0.15, -0.1) is 0 Å². The largest absolute Gasteiger partial charge is 0.352 e. The lowest BCUT2D eigenvalue weighted by atomic mass is 10.0. The Labute approximate surface area is 240 Å². The van der Waals surface area contributed by atoms with Crippen molar-refractivity contribution in [3.63, 3.8) is 0 Å². The Morgan fingerprint density at radius 3 is 2.05 bits per heavy atom. The van der Waals surface area contributed by atoms with Crippen molar-refractivity contribution in [2.75, 3.05) is 24.9 Å². The van der Waals surface area contributed by atoms with E-state index in [4.69, 9.17) is 0 Å². The number of rotatable bonds is 13. The van der Waals surface area contributed by atoms with E-state index in [0.29, 0.717) is 10.7 Å². The van der Waals surface area contributed by atoms with Crippen molar-refractivity contribution >= 4 is 27.7 Å². The van der Waals surface area contributed by atoms with Crippen LogP contribution in [0.25, 0.3) is 0 Å². The van der Waals surface area contributed by atoms with E-state index >= 15 is 0 Å². The number of anilines is 1. The number of para-hydroxylation sites is 1. The third-order valence-electron chi connectivity index (χ3n) is 6.71. The number of carbonyl (C=O) groups excluding carboxylic acids is 2. The quantitative estimate of drug-likeness (QED) is 0.326. The van der Waals surface area contributed by atoms with E-state index in [-0.39, 0.29) is 30.3 Å². The molecule has 3 aromatic rings. The summed E-state index contributed by atoms with van der Waals surface area (Å²) in [4.78, 5) is 28.9. The summed E-state index contributed by atoms with van der Waals surface area (Å²) in [6.45, 7) is 2.59. The second kappa shape index (κ2) is 14.2. The molecule has 11 heteroatoms. The highest BCUT2D eigenvalue weighted by molar-refractivity contribution is 7.90. The minimum atomic E-state index is -4.35. The number of hydrogen-bond donors (Lipinski definition) is 1. The van der Waals surface area contributed by atoms with Gasteiger partial charge in [0, 0.05) is 38.7 Å². The maximum absolute atomic E-state index is 14.9. The predicted molar refractivity (Wildman–Crippen MR) is 155 cm³/mol. The van der Waals surface area contributed by atoms with Crippen LogP contribution in [-0.2, 0) is 32.8 Å². The molecule has 0 saturated heterocycles. The molecule has 0 heterocycles. The first-order chi connectivity index (χ1) is 19.4. The molecule has 0 radical (unpaired) electrons. The Hall–Kier alpha value is -3.83. The highest BCUT2D eigenvalue weighted by Gasteiger charge is 2.36. The van der Waals surface area contributed by atoms with Crippen LogP contribution in [0.2, 0.25) is 0 Å². The third kappa shape index (κ3) is 8.11. The molecule has 3 aromatic carbocycles. The lowest BCUT2D eigenvalue weighted by molar-refractivity contribution is -0.140. The minimum Gasteiger partial charge on any atom is -0.352 e. The van der Waals surface area contributed by atoms with Crippen LogP contribution in [0.4, 0.5) is 14.5 Å². The Balaban J connectivity index is 2.12. The van der Waals surface area contributed by atoms with Gasteiger partial charge in [0.15, 0.2) is 0 Å². The molecule has 8 nitrogen and oxygen atoms in total. The van der Waals surface area contributed by atoms with Crippen molar-refractivity contribution in [1.29, 1.82) is 0 Å². The minimum absolute atomic E-state index is 0.0867. The Morgan fingerprint density at radius 2 is 1.46 bits per heavy atom. The number of nitrogens with zero attached hydrogens (tertiary/aromatic N) is 3. The summed E-state index contributed by atoms with van der Waals surface area (Å²) in [5.74, 6) is -2.71. The van der Waals surface area contributed by atoms with Crippen LogP contribution in [0.5, 0.6) is 0 Å². The molecule has 0 spiro atoms. The van der Waals surface area contributed by atoms with E-state index in [9.17, 15) is 26.8 Å². The topological polar surface area (TPSA) is 90.0 Å². The lowest BCUT2D eigenvalue weighted by Crippen LogP contribution is -2.55. The zero-order valence-corrected chi connectivity index (χ0v) is 24.4. The fourth-order valence-corrected chi connectivity index (χ4v) is 5.23. The summed E-state index contributed by atoms with van der Waals surface area (Å²) < 4.78 is 57.9. The van der Waals surface area contributed by atoms with Crippen molar-refractivity contribution in [1.82, 2.24) is 14.5 Å². The summed E-state index contributed by atoms with van der Waals surface area (Å²) >= 11 is 0. The molecule has 41 heavy (non-hydrogen) atoms. The fraction of sp³-hybridized carbons (Fsp3) is 0.333. The molecule has 0 aliphatic carbocycles. The fourth-order valence-electron chi connectivity index (χ4n) is 4.16. The van der Waals surface area contributed by atoms with Crippen molar-refractivity contribution < 1.29 is 26.8 Å². The van der Waals surface area contributed by atoms with Gasteiger partial charge in [0.1, 0.15) is 24.2 Å². The van der Waals surface area contributed by atoms with E-state index in [0.717, 1.165) is 15.9 Å². The van der Waals surface area contributed by atoms with Gasteiger partial charge in [-0.2, -0.15) is 12.7 Å². The maximum atomic E-state index is 14.9. The van der Waals surface area contributed by atoms with E-state index < -0.39 is 46.2 Å². The van der Waals surface area contributed by atoms with Crippen LogP contribution in [0, 0.1) is 11.6 Å². The molecule has 2 atom stereocenters. The van der Waals surface area contributed by atoms with Crippen LogP contribution >= 0.6 is 0 Å². The average Bonchev–Trinajstić information content (AvgIpc) is 2.95. The highest BCUT2D eigenvalue weighted by atomic mass is 32.2. The van der Waals surface area contributed by atoms with Gasteiger partial charge >= 0.3 is 10.2 Å². The van der Waals surface area contributed by atoms with Gasteiger partial charge < -0.3 is 10.2 Å².